The summed E-state index contributed by atoms with van der Waals surface area (Å²) in [6.07, 6.45) is 0.351. The molecule has 0 aliphatic carbocycles. The lowest BCUT2D eigenvalue weighted by atomic mass is 10.1. The maximum absolute atomic E-state index is 12.0. The second-order valence-electron chi connectivity index (χ2n) is 5.29. The van der Waals surface area contributed by atoms with Gasteiger partial charge in [0.25, 0.3) is 0 Å². The van der Waals surface area contributed by atoms with E-state index in [4.69, 9.17) is 16.3 Å². The van der Waals surface area contributed by atoms with Crippen LogP contribution in [0.2, 0.25) is 5.02 Å². The number of anilines is 1. The van der Waals surface area contributed by atoms with Crippen molar-refractivity contribution in [2.75, 3.05) is 5.32 Å². The zero-order chi connectivity index (χ0) is 16.8. The summed E-state index contributed by atoms with van der Waals surface area (Å²) in [5, 5.41) is 3.54. The number of ether oxygens (including phenoxy) is 1. The first-order valence-corrected chi connectivity index (χ1v) is 7.94. The number of carbonyl (C=O) groups excluding carboxylic acids is 1. The number of hydrogen-bond donors (Lipinski definition) is 1. The second-order valence-corrected chi connectivity index (χ2v) is 5.73. The minimum absolute atomic E-state index is 0.0485. The lowest BCUT2D eigenvalue weighted by Gasteiger charge is -2.08. The highest BCUT2D eigenvalue weighted by Gasteiger charge is 2.04. The predicted octanol–water partition coefficient (Wildman–Crippen LogP) is 5.31. The van der Waals surface area contributed by atoms with Crippen molar-refractivity contribution in [1.29, 1.82) is 0 Å². The van der Waals surface area contributed by atoms with Crippen LogP contribution in [0.4, 0.5) is 5.69 Å². The Balaban J connectivity index is 1.58. The van der Waals surface area contributed by atoms with E-state index in [1.54, 1.807) is 24.3 Å². The molecule has 3 nitrogen and oxygen atoms in total. The highest BCUT2D eigenvalue weighted by molar-refractivity contribution is 6.30. The Morgan fingerprint density at radius 3 is 2.04 bits per heavy atom. The monoisotopic (exact) mass is 337 g/mol. The predicted molar refractivity (Wildman–Crippen MR) is 96.7 cm³/mol. The van der Waals surface area contributed by atoms with Crippen LogP contribution in [0.5, 0.6) is 11.5 Å². The van der Waals surface area contributed by atoms with Gasteiger partial charge in [0.1, 0.15) is 11.5 Å². The number of amides is 1. The van der Waals surface area contributed by atoms with Crippen LogP contribution in [0.25, 0.3) is 0 Å². The molecule has 0 radical (unpaired) electrons. The molecule has 0 atom stereocenters. The van der Waals surface area contributed by atoms with Crippen molar-refractivity contribution in [3.05, 3.63) is 89.4 Å². The van der Waals surface area contributed by atoms with Crippen LogP contribution in [0, 0.1) is 0 Å². The number of rotatable bonds is 5. The first-order valence-electron chi connectivity index (χ1n) is 7.56. The smallest absolute Gasteiger partial charge is 0.228 e. The van der Waals surface area contributed by atoms with Gasteiger partial charge in [-0.25, -0.2) is 0 Å². The molecule has 1 amide bonds. The summed E-state index contributed by atoms with van der Waals surface area (Å²) in [5.74, 6) is 1.35. The van der Waals surface area contributed by atoms with Gasteiger partial charge in [-0.05, 0) is 54.1 Å². The summed E-state index contributed by atoms with van der Waals surface area (Å²) in [7, 11) is 0. The summed E-state index contributed by atoms with van der Waals surface area (Å²) in [4.78, 5) is 12.0. The number of nitrogens with one attached hydrogen (secondary N) is 1. The van der Waals surface area contributed by atoms with Crippen LogP contribution < -0.4 is 10.1 Å². The topological polar surface area (TPSA) is 38.3 Å². The highest BCUT2D eigenvalue weighted by atomic mass is 35.5. The fourth-order valence-electron chi connectivity index (χ4n) is 2.23. The van der Waals surface area contributed by atoms with Gasteiger partial charge in [-0.15, -0.1) is 0 Å². The van der Waals surface area contributed by atoms with E-state index in [-0.39, 0.29) is 5.91 Å². The van der Waals surface area contributed by atoms with Gasteiger partial charge >= 0.3 is 0 Å². The molecule has 24 heavy (non-hydrogen) atoms. The summed E-state index contributed by atoms with van der Waals surface area (Å²) in [6.45, 7) is 0. The van der Waals surface area contributed by atoms with E-state index in [0.717, 1.165) is 11.3 Å². The number of carbonyl (C=O) groups is 1. The Morgan fingerprint density at radius 1 is 0.833 bits per heavy atom. The zero-order valence-electron chi connectivity index (χ0n) is 12.9. The molecule has 0 saturated heterocycles. The van der Waals surface area contributed by atoms with Gasteiger partial charge in [0.05, 0.1) is 6.42 Å². The Hall–Kier alpha value is -2.78. The van der Waals surface area contributed by atoms with E-state index in [1.165, 1.54) is 0 Å². The van der Waals surface area contributed by atoms with Crippen molar-refractivity contribution < 1.29 is 9.53 Å². The third kappa shape index (κ3) is 4.61. The molecule has 0 unspecified atom stereocenters. The molecule has 3 aromatic rings. The van der Waals surface area contributed by atoms with E-state index >= 15 is 0 Å². The zero-order valence-corrected chi connectivity index (χ0v) is 13.7. The maximum Gasteiger partial charge on any atom is 0.228 e. The normalized spacial score (nSPS) is 10.2. The van der Waals surface area contributed by atoms with Gasteiger partial charge in [-0.2, -0.15) is 0 Å². The molecule has 0 heterocycles. The van der Waals surface area contributed by atoms with Crippen LogP contribution in [-0.4, -0.2) is 5.91 Å². The van der Waals surface area contributed by atoms with Gasteiger partial charge in [0.15, 0.2) is 0 Å². The molecule has 0 aliphatic heterocycles. The first-order chi connectivity index (χ1) is 11.7. The van der Waals surface area contributed by atoms with E-state index in [9.17, 15) is 4.79 Å². The summed E-state index contributed by atoms with van der Waals surface area (Å²) >= 11 is 5.85. The molecule has 4 heteroatoms. The van der Waals surface area contributed by atoms with Crippen LogP contribution in [0.15, 0.2) is 78.9 Å². The standard InChI is InChI=1S/C20H16ClNO2/c21-16-6-10-18(11-7-16)24-19-12-8-17(9-13-19)22-20(23)14-15-4-2-1-3-5-15/h1-13H,14H2,(H,22,23). The second kappa shape index (κ2) is 7.66. The average molecular weight is 338 g/mol. The van der Waals surface area contributed by atoms with Crippen molar-refractivity contribution in [3.63, 3.8) is 0 Å². The minimum Gasteiger partial charge on any atom is -0.457 e. The van der Waals surface area contributed by atoms with Crippen molar-refractivity contribution in [1.82, 2.24) is 0 Å². The summed E-state index contributed by atoms with van der Waals surface area (Å²) in [5.41, 5.74) is 1.72. The Morgan fingerprint density at radius 2 is 1.42 bits per heavy atom. The number of halogens is 1. The third-order valence-electron chi connectivity index (χ3n) is 3.39. The fourth-order valence-corrected chi connectivity index (χ4v) is 2.36. The van der Waals surface area contributed by atoms with Gasteiger partial charge in [0.2, 0.25) is 5.91 Å². The van der Waals surface area contributed by atoms with Crippen molar-refractivity contribution in [2.45, 2.75) is 6.42 Å². The van der Waals surface area contributed by atoms with E-state index < -0.39 is 0 Å². The number of hydrogen-bond acceptors (Lipinski definition) is 2. The Labute approximate surface area is 145 Å². The molecule has 3 rings (SSSR count). The van der Waals surface area contributed by atoms with Gasteiger partial charge < -0.3 is 10.1 Å². The molecule has 0 saturated carbocycles. The molecular formula is C20H16ClNO2. The molecular weight excluding hydrogens is 322 g/mol. The Bertz CT molecular complexity index is 799. The summed E-state index contributed by atoms with van der Waals surface area (Å²) in [6, 6.07) is 24.0. The van der Waals surface area contributed by atoms with E-state index in [0.29, 0.717) is 22.9 Å². The molecule has 120 valence electrons. The fraction of sp³-hybridized carbons (Fsp3) is 0.0500. The largest absolute Gasteiger partial charge is 0.457 e. The van der Waals surface area contributed by atoms with Crippen molar-refractivity contribution >= 4 is 23.2 Å². The maximum atomic E-state index is 12.0. The SMILES string of the molecule is O=C(Cc1ccccc1)Nc1ccc(Oc2ccc(Cl)cc2)cc1. The van der Waals surface area contributed by atoms with Crippen molar-refractivity contribution in [3.8, 4) is 11.5 Å². The number of benzene rings is 3. The van der Waals surface area contributed by atoms with Crippen molar-refractivity contribution in [2.24, 2.45) is 0 Å². The first kappa shape index (κ1) is 16.1. The van der Waals surface area contributed by atoms with Crippen LogP contribution >= 0.6 is 11.6 Å². The Kier molecular flexibility index (Phi) is 5.14. The molecule has 0 aromatic heterocycles. The highest BCUT2D eigenvalue weighted by Crippen LogP contribution is 2.24. The van der Waals surface area contributed by atoms with Gasteiger partial charge in [0, 0.05) is 10.7 Å². The molecule has 0 fully saturated rings. The summed E-state index contributed by atoms with van der Waals surface area (Å²) < 4.78 is 5.72. The minimum atomic E-state index is -0.0485. The molecule has 0 aliphatic rings. The third-order valence-corrected chi connectivity index (χ3v) is 3.65. The van der Waals surface area contributed by atoms with E-state index in [1.807, 2.05) is 54.6 Å². The lowest BCUT2D eigenvalue weighted by molar-refractivity contribution is -0.115. The molecule has 0 bridgehead atoms. The van der Waals surface area contributed by atoms with E-state index in [2.05, 4.69) is 5.32 Å². The van der Waals surface area contributed by atoms with Gasteiger partial charge in [-0.3, -0.25) is 4.79 Å². The quantitative estimate of drug-likeness (QED) is 0.684. The molecule has 3 aromatic carbocycles. The molecule has 0 spiro atoms. The lowest BCUT2D eigenvalue weighted by Crippen LogP contribution is -2.14. The van der Waals surface area contributed by atoms with Crippen LogP contribution in [0.1, 0.15) is 5.56 Å². The average Bonchev–Trinajstić information content (AvgIpc) is 2.59. The van der Waals surface area contributed by atoms with Crippen LogP contribution in [0.3, 0.4) is 0 Å². The van der Waals surface area contributed by atoms with Gasteiger partial charge in [-0.1, -0.05) is 41.9 Å². The molecule has 1 N–H and O–H groups in total. The van der Waals surface area contributed by atoms with Crippen LogP contribution in [-0.2, 0) is 11.2 Å².